The van der Waals surface area contributed by atoms with Crippen LogP contribution in [0.25, 0.3) is 0 Å². The molecule has 3 rings (SSSR count). The second-order valence-electron chi connectivity index (χ2n) is 5.64. The molecule has 0 radical (unpaired) electrons. The average molecular weight is 310 g/mol. The highest BCUT2D eigenvalue weighted by molar-refractivity contribution is 5.17. The predicted molar refractivity (Wildman–Crippen MR) is 75.1 cm³/mol. The number of H-pyrrole nitrogens is 1. The molecule has 2 aromatic rings. The van der Waals surface area contributed by atoms with Crippen molar-refractivity contribution in [2.45, 2.75) is 31.5 Å². The molecule has 1 N–H and O–H groups in total. The second-order valence-corrected chi connectivity index (χ2v) is 5.64. The number of hydrogen-bond acceptors (Lipinski definition) is 3. The van der Waals surface area contributed by atoms with Gasteiger partial charge >= 0.3 is 6.18 Å². The zero-order valence-corrected chi connectivity index (χ0v) is 12.0. The van der Waals surface area contributed by atoms with Gasteiger partial charge < -0.3 is 0 Å². The van der Waals surface area contributed by atoms with Crippen LogP contribution in [0.2, 0.25) is 0 Å². The standard InChI is InChI=1S/C15H17F3N4/c16-15(17,18)14-8-13(20-21-14)12-2-1-7-22(10-12)9-11-3-5-19-6-4-11/h3-6,8,12H,1-2,7,9-10H2,(H,20,21)/t12-/m0/s1. The first-order chi connectivity index (χ1) is 10.5. The maximum absolute atomic E-state index is 12.6. The number of piperidine rings is 1. The number of likely N-dealkylation sites (tertiary alicyclic amines) is 1. The number of nitrogens with zero attached hydrogens (tertiary/aromatic N) is 3. The van der Waals surface area contributed by atoms with Crippen molar-refractivity contribution in [1.29, 1.82) is 0 Å². The summed E-state index contributed by atoms with van der Waals surface area (Å²) >= 11 is 0. The Morgan fingerprint density at radius 3 is 2.73 bits per heavy atom. The molecule has 0 saturated carbocycles. The number of aromatic nitrogens is 3. The molecule has 0 spiro atoms. The van der Waals surface area contributed by atoms with E-state index in [0.29, 0.717) is 5.69 Å². The highest BCUT2D eigenvalue weighted by Crippen LogP contribution is 2.32. The van der Waals surface area contributed by atoms with Gasteiger partial charge in [0.2, 0.25) is 0 Å². The lowest BCUT2D eigenvalue weighted by Gasteiger charge is -2.32. The van der Waals surface area contributed by atoms with Gasteiger partial charge in [-0.25, -0.2) is 0 Å². The van der Waals surface area contributed by atoms with Gasteiger partial charge in [0.15, 0.2) is 5.69 Å². The van der Waals surface area contributed by atoms with Crippen LogP contribution in [0.1, 0.15) is 35.7 Å². The molecule has 1 saturated heterocycles. The summed E-state index contributed by atoms with van der Waals surface area (Å²) in [4.78, 5) is 6.25. The lowest BCUT2D eigenvalue weighted by molar-refractivity contribution is -0.141. The van der Waals surface area contributed by atoms with Crippen molar-refractivity contribution < 1.29 is 13.2 Å². The van der Waals surface area contributed by atoms with Crippen molar-refractivity contribution in [1.82, 2.24) is 20.1 Å². The molecule has 1 aliphatic heterocycles. The lowest BCUT2D eigenvalue weighted by Crippen LogP contribution is -2.34. The summed E-state index contributed by atoms with van der Waals surface area (Å²) in [5, 5.41) is 5.95. The Labute approximate surface area is 126 Å². The summed E-state index contributed by atoms with van der Waals surface area (Å²) in [6.07, 6.45) is 0.963. The summed E-state index contributed by atoms with van der Waals surface area (Å²) in [6, 6.07) is 5.06. The van der Waals surface area contributed by atoms with Crippen LogP contribution in [0.3, 0.4) is 0 Å². The molecule has 0 amide bonds. The van der Waals surface area contributed by atoms with Crippen molar-refractivity contribution in [3.8, 4) is 0 Å². The predicted octanol–water partition coefficient (Wildman–Crippen LogP) is 3.20. The third kappa shape index (κ3) is 3.47. The van der Waals surface area contributed by atoms with Gasteiger partial charge in [-0.15, -0.1) is 0 Å². The largest absolute Gasteiger partial charge is 0.435 e. The van der Waals surface area contributed by atoms with E-state index in [1.807, 2.05) is 12.1 Å². The second kappa shape index (κ2) is 6.08. The van der Waals surface area contributed by atoms with Gasteiger partial charge in [-0.2, -0.15) is 18.3 Å². The molecule has 0 bridgehead atoms. The van der Waals surface area contributed by atoms with Crippen LogP contribution in [0.4, 0.5) is 13.2 Å². The Morgan fingerprint density at radius 2 is 2.05 bits per heavy atom. The third-order valence-corrected chi connectivity index (χ3v) is 3.99. The summed E-state index contributed by atoms with van der Waals surface area (Å²) in [5.41, 5.74) is 0.900. The third-order valence-electron chi connectivity index (χ3n) is 3.99. The van der Waals surface area contributed by atoms with Gasteiger partial charge in [-0.05, 0) is 43.1 Å². The van der Waals surface area contributed by atoms with Crippen LogP contribution < -0.4 is 0 Å². The molecule has 2 aromatic heterocycles. The number of rotatable bonds is 3. The van der Waals surface area contributed by atoms with Crippen LogP contribution in [0.5, 0.6) is 0 Å². The minimum atomic E-state index is -4.39. The molecule has 1 aliphatic rings. The van der Waals surface area contributed by atoms with E-state index in [4.69, 9.17) is 0 Å². The minimum absolute atomic E-state index is 0.0687. The van der Waals surface area contributed by atoms with Crippen molar-refractivity contribution >= 4 is 0 Å². The Bertz CT molecular complexity index is 609. The summed E-state index contributed by atoms with van der Waals surface area (Å²) in [6.45, 7) is 2.49. The van der Waals surface area contributed by atoms with E-state index >= 15 is 0 Å². The number of halogens is 3. The number of aromatic amines is 1. The summed E-state index contributed by atoms with van der Waals surface area (Å²) in [7, 11) is 0. The van der Waals surface area contributed by atoms with Crippen molar-refractivity contribution in [2.75, 3.05) is 13.1 Å². The average Bonchev–Trinajstić information content (AvgIpc) is 2.99. The number of pyridine rings is 1. The van der Waals surface area contributed by atoms with E-state index in [1.54, 1.807) is 12.4 Å². The lowest BCUT2D eigenvalue weighted by atomic mass is 9.94. The van der Waals surface area contributed by atoms with Gasteiger partial charge in [0, 0.05) is 37.1 Å². The summed E-state index contributed by atoms with van der Waals surface area (Å²) < 4.78 is 37.9. The van der Waals surface area contributed by atoms with Crippen LogP contribution in [0.15, 0.2) is 30.6 Å². The molecule has 1 atom stereocenters. The van der Waals surface area contributed by atoms with E-state index in [1.165, 1.54) is 0 Å². The highest BCUT2D eigenvalue weighted by Gasteiger charge is 2.35. The van der Waals surface area contributed by atoms with Gasteiger partial charge in [0.1, 0.15) is 0 Å². The molecule has 7 heteroatoms. The number of hydrogen-bond donors (Lipinski definition) is 1. The normalized spacial score (nSPS) is 20.2. The maximum atomic E-state index is 12.6. The van der Waals surface area contributed by atoms with E-state index in [-0.39, 0.29) is 5.92 Å². The fourth-order valence-electron chi connectivity index (χ4n) is 2.89. The van der Waals surface area contributed by atoms with Crippen molar-refractivity contribution in [3.05, 3.63) is 47.5 Å². The quantitative estimate of drug-likeness (QED) is 0.947. The monoisotopic (exact) mass is 310 g/mol. The van der Waals surface area contributed by atoms with Crippen molar-refractivity contribution in [2.24, 2.45) is 0 Å². The molecule has 0 aliphatic carbocycles. The Morgan fingerprint density at radius 1 is 1.27 bits per heavy atom. The fourth-order valence-corrected chi connectivity index (χ4v) is 2.89. The van der Waals surface area contributed by atoms with Gasteiger partial charge in [-0.1, -0.05) is 0 Å². The first kappa shape index (κ1) is 15.0. The van der Waals surface area contributed by atoms with Crippen LogP contribution in [-0.4, -0.2) is 33.2 Å². The molecule has 0 unspecified atom stereocenters. The smallest absolute Gasteiger partial charge is 0.298 e. The van der Waals surface area contributed by atoms with E-state index < -0.39 is 11.9 Å². The molecule has 22 heavy (non-hydrogen) atoms. The Balaban J connectivity index is 1.67. The molecular weight excluding hydrogens is 293 g/mol. The molecule has 4 nitrogen and oxygen atoms in total. The SMILES string of the molecule is FC(F)(F)c1cc([C@H]2CCCN(Cc3ccncc3)C2)[nH]n1. The number of nitrogens with one attached hydrogen (secondary N) is 1. The Kier molecular flexibility index (Phi) is 4.15. The first-order valence-electron chi connectivity index (χ1n) is 7.26. The molecular formula is C15H17F3N4. The maximum Gasteiger partial charge on any atom is 0.435 e. The van der Waals surface area contributed by atoms with Gasteiger partial charge in [-0.3, -0.25) is 15.0 Å². The molecule has 1 fully saturated rings. The highest BCUT2D eigenvalue weighted by atomic mass is 19.4. The zero-order valence-electron chi connectivity index (χ0n) is 12.0. The topological polar surface area (TPSA) is 44.8 Å². The zero-order chi connectivity index (χ0) is 15.6. The van der Waals surface area contributed by atoms with E-state index in [2.05, 4.69) is 20.1 Å². The fraction of sp³-hybridized carbons (Fsp3) is 0.467. The molecule has 3 heterocycles. The van der Waals surface area contributed by atoms with Crippen LogP contribution >= 0.6 is 0 Å². The van der Waals surface area contributed by atoms with Crippen LogP contribution in [-0.2, 0) is 12.7 Å². The first-order valence-corrected chi connectivity index (χ1v) is 7.26. The van der Waals surface area contributed by atoms with Gasteiger partial charge in [0.25, 0.3) is 0 Å². The Hall–Kier alpha value is -1.89. The number of alkyl halides is 3. The van der Waals surface area contributed by atoms with E-state index in [9.17, 15) is 13.2 Å². The summed E-state index contributed by atoms with van der Waals surface area (Å²) in [5.74, 6) is 0.0687. The van der Waals surface area contributed by atoms with Crippen LogP contribution in [0, 0.1) is 0 Å². The van der Waals surface area contributed by atoms with Crippen molar-refractivity contribution in [3.63, 3.8) is 0 Å². The molecule has 118 valence electrons. The van der Waals surface area contributed by atoms with E-state index in [0.717, 1.165) is 44.1 Å². The van der Waals surface area contributed by atoms with Gasteiger partial charge in [0.05, 0.1) is 0 Å². The minimum Gasteiger partial charge on any atom is -0.298 e. The molecule has 0 aromatic carbocycles.